The minimum Gasteiger partial charge on any atom is -0.350 e. The van der Waals surface area contributed by atoms with Gasteiger partial charge in [0, 0.05) is 24.2 Å². The number of hydrogen-bond donors (Lipinski definition) is 2. The van der Waals surface area contributed by atoms with Crippen LogP contribution in [0.4, 0.5) is 0 Å². The predicted octanol–water partition coefficient (Wildman–Crippen LogP) is 2.39. The second-order valence-corrected chi connectivity index (χ2v) is 6.90. The summed E-state index contributed by atoms with van der Waals surface area (Å²) < 4.78 is 0. The normalized spacial score (nSPS) is 25.2. The van der Waals surface area contributed by atoms with Crippen molar-refractivity contribution in [3.05, 3.63) is 35.4 Å². The Bertz CT molecular complexity index is 498. The van der Waals surface area contributed by atoms with E-state index in [2.05, 4.69) is 31.2 Å². The Kier molecular flexibility index (Phi) is 5.59. The highest BCUT2D eigenvalue weighted by molar-refractivity contribution is 5.94. The molecule has 1 amide bonds. The highest BCUT2D eigenvalue weighted by Gasteiger charge is 2.37. The van der Waals surface area contributed by atoms with Crippen LogP contribution in [0.3, 0.4) is 0 Å². The molecule has 1 aromatic carbocycles. The zero-order valence-corrected chi connectivity index (χ0v) is 14.1. The molecule has 1 aliphatic rings. The first-order chi connectivity index (χ1) is 10.5. The summed E-state index contributed by atoms with van der Waals surface area (Å²) in [5.41, 5.74) is 7.43. The van der Waals surface area contributed by atoms with Crippen LogP contribution in [0.2, 0.25) is 0 Å². The number of amides is 1. The molecule has 1 fully saturated rings. The highest BCUT2D eigenvalue weighted by atomic mass is 16.1. The fraction of sp³-hybridized carbons (Fsp3) is 0.611. The molecule has 1 saturated carbocycles. The molecule has 0 heterocycles. The zero-order valence-electron chi connectivity index (χ0n) is 14.1. The summed E-state index contributed by atoms with van der Waals surface area (Å²) in [5, 5.41) is 3.14. The highest BCUT2D eigenvalue weighted by Crippen LogP contribution is 2.35. The number of rotatable bonds is 5. The van der Waals surface area contributed by atoms with E-state index in [1.807, 2.05) is 24.3 Å². The Morgan fingerprint density at radius 2 is 2.05 bits per heavy atom. The van der Waals surface area contributed by atoms with Crippen molar-refractivity contribution < 1.29 is 4.79 Å². The van der Waals surface area contributed by atoms with Crippen LogP contribution in [0.1, 0.15) is 48.5 Å². The number of hydrogen-bond acceptors (Lipinski definition) is 3. The van der Waals surface area contributed by atoms with Gasteiger partial charge in [-0.3, -0.25) is 4.79 Å². The van der Waals surface area contributed by atoms with Crippen molar-refractivity contribution in [2.75, 3.05) is 20.6 Å². The molecule has 0 bridgehead atoms. The molecule has 4 heteroatoms. The van der Waals surface area contributed by atoms with E-state index in [1.54, 1.807) is 0 Å². The molecular weight excluding hydrogens is 274 g/mol. The molecule has 22 heavy (non-hydrogen) atoms. The molecule has 0 radical (unpaired) electrons. The van der Waals surface area contributed by atoms with Gasteiger partial charge in [-0.15, -0.1) is 0 Å². The summed E-state index contributed by atoms with van der Waals surface area (Å²) in [6.07, 6.45) is 4.83. The number of nitrogens with one attached hydrogen (secondary N) is 1. The topological polar surface area (TPSA) is 58.4 Å². The number of carbonyl (C=O) groups excluding carboxylic acids is 1. The lowest BCUT2D eigenvalue weighted by atomic mass is 9.75. The molecule has 1 aliphatic carbocycles. The third kappa shape index (κ3) is 3.87. The minimum atomic E-state index is 0.00280. The van der Waals surface area contributed by atoms with Crippen molar-refractivity contribution >= 4 is 5.91 Å². The Balaban J connectivity index is 2.00. The molecule has 0 spiro atoms. The van der Waals surface area contributed by atoms with Gasteiger partial charge in [0.1, 0.15) is 0 Å². The van der Waals surface area contributed by atoms with Gasteiger partial charge >= 0.3 is 0 Å². The summed E-state index contributed by atoms with van der Waals surface area (Å²) in [6.45, 7) is 3.52. The van der Waals surface area contributed by atoms with Gasteiger partial charge in [0.2, 0.25) is 0 Å². The van der Waals surface area contributed by atoms with Crippen molar-refractivity contribution in [3.63, 3.8) is 0 Å². The fourth-order valence-electron chi connectivity index (χ4n) is 3.50. The molecule has 0 saturated heterocycles. The van der Waals surface area contributed by atoms with E-state index in [1.165, 1.54) is 12.8 Å². The van der Waals surface area contributed by atoms with Crippen molar-refractivity contribution in [1.29, 1.82) is 0 Å². The van der Waals surface area contributed by atoms with Crippen molar-refractivity contribution in [2.45, 2.75) is 44.7 Å². The van der Waals surface area contributed by atoms with E-state index in [0.29, 0.717) is 18.7 Å². The van der Waals surface area contributed by atoms with E-state index < -0.39 is 0 Å². The number of carbonyl (C=O) groups is 1. The summed E-state index contributed by atoms with van der Waals surface area (Å²) in [4.78, 5) is 14.7. The van der Waals surface area contributed by atoms with Gasteiger partial charge in [-0.1, -0.05) is 31.9 Å². The average Bonchev–Trinajstić information content (AvgIpc) is 2.52. The van der Waals surface area contributed by atoms with Crippen LogP contribution >= 0.6 is 0 Å². The van der Waals surface area contributed by atoms with Gasteiger partial charge in [0.25, 0.3) is 5.91 Å². The lowest BCUT2D eigenvalue weighted by Gasteiger charge is -2.45. The molecule has 3 N–H and O–H groups in total. The van der Waals surface area contributed by atoms with Crippen LogP contribution in [0.15, 0.2) is 24.3 Å². The first kappa shape index (κ1) is 17.0. The van der Waals surface area contributed by atoms with Crippen molar-refractivity contribution in [3.8, 4) is 0 Å². The molecule has 0 aliphatic heterocycles. The van der Waals surface area contributed by atoms with E-state index >= 15 is 0 Å². The number of likely N-dealkylation sites (N-methyl/N-ethyl adjacent to an activating group) is 1. The zero-order chi connectivity index (χ0) is 16.2. The van der Waals surface area contributed by atoms with Crippen LogP contribution in [0.5, 0.6) is 0 Å². The Morgan fingerprint density at radius 1 is 1.36 bits per heavy atom. The predicted molar refractivity (Wildman–Crippen MR) is 90.7 cm³/mol. The molecule has 2 atom stereocenters. The maximum Gasteiger partial charge on any atom is 0.251 e. The van der Waals surface area contributed by atoms with Crippen LogP contribution in [0, 0.1) is 5.92 Å². The van der Waals surface area contributed by atoms with E-state index in [4.69, 9.17) is 5.73 Å². The van der Waals surface area contributed by atoms with Crippen LogP contribution in [-0.2, 0) is 6.54 Å². The van der Waals surface area contributed by atoms with Crippen molar-refractivity contribution in [2.24, 2.45) is 11.7 Å². The SMILES string of the molecule is CC1CCCC(CNC(=O)c2ccc(CN)cc2)(N(C)C)C1. The molecule has 2 rings (SSSR count). The Morgan fingerprint density at radius 3 is 2.59 bits per heavy atom. The van der Waals surface area contributed by atoms with Crippen LogP contribution in [-0.4, -0.2) is 37.0 Å². The van der Waals surface area contributed by atoms with Gasteiger partial charge in [-0.05, 0) is 50.6 Å². The lowest BCUT2D eigenvalue weighted by molar-refractivity contribution is 0.0675. The van der Waals surface area contributed by atoms with E-state index in [9.17, 15) is 4.79 Å². The molecule has 1 aromatic rings. The third-order valence-electron chi connectivity index (χ3n) is 5.05. The molecule has 122 valence electrons. The second-order valence-electron chi connectivity index (χ2n) is 6.90. The van der Waals surface area contributed by atoms with Gasteiger partial charge in [-0.2, -0.15) is 0 Å². The maximum absolute atomic E-state index is 12.4. The van der Waals surface area contributed by atoms with Crippen LogP contribution < -0.4 is 11.1 Å². The first-order valence-corrected chi connectivity index (χ1v) is 8.21. The number of benzene rings is 1. The van der Waals surface area contributed by atoms with Crippen molar-refractivity contribution in [1.82, 2.24) is 10.2 Å². The maximum atomic E-state index is 12.4. The monoisotopic (exact) mass is 303 g/mol. The fourth-order valence-corrected chi connectivity index (χ4v) is 3.50. The summed E-state index contributed by atoms with van der Waals surface area (Å²) in [6, 6.07) is 7.53. The second kappa shape index (κ2) is 7.25. The largest absolute Gasteiger partial charge is 0.350 e. The van der Waals surface area contributed by atoms with E-state index in [-0.39, 0.29) is 11.4 Å². The van der Waals surface area contributed by atoms with Crippen LogP contribution in [0.25, 0.3) is 0 Å². The van der Waals surface area contributed by atoms with Gasteiger partial charge in [0.15, 0.2) is 0 Å². The standard InChI is InChI=1S/C18H29N3O/c1-14-5-4-10-18(11-14,21(2)3)13-20-17(22)16-8-6-15(12-19)7-9-16/h6-9,14H,4-5,10-13,19H2,1-3H3,(H,20,22). The number of nitrogens with two attached hydrogens (primary N) is 1. The first-order valence-electron chi connectivity index (χ1n) is 8.21. The smallest absolute Gasteiger partial charge is 0.251 e. The Labute approximate surface area is 134 Å². The summed E-state index contributed by atoms with van der Waals surface area (Å²) in [7, 11) is 4.25. The van der Waals surface area contributed by atoms with Gasteiger partial charge in [0.05, 0.1) is 0 Å². The summed E-state index contributed by atoms with van der Waals surface area (Å²) in [5.74, 6) is 0.722. The molecule has 0 aromatic heterocycles. The minimum absolute atomic E-state index is 0.00280. The third-order valence-corrected chi connectivity index (χ3v) is 5.05. The molecular formula is C18H29N3O. The molecule has 4 nitrogen and oxygen atoms in total. The summed E-state index contributed by atoms with van der Waals surface area (Å²) >= 11 is 0. The molecule has 2 unspecified atom stereocenters. The number of nitrogens with zero attached hydrogens (tertiary/aromatic N) is 1. The van der Waals surface area contributed by atoms with Gasteiger partial charge in [-0.25, -0.2) is 0 Å². The lowest BCUT2D eigenvalue weighted by Crippen LogP contribution is -2.55. The van der Waals surface area contributed by atoms with Gasteiger partial charge < -0.3 is 16.0 Å². The Hall–Kier alpha value is -1.39. The quantitative estimate of drug-likeness (QED) is 0.878. The average molecular weight is 303 g/mol. The van der Waals surface area contributed by atoms with E-state index in [0.717, 1.165) is 24.3 Å².